The monoisotopic (exact) mass is 282 g/mol. The van der Waals surface area contributed by atoms with Crippen LogP contribution in [0.15, 0.2) is 30.3 Å². The molecule has 0 radical (unpaired) electrons. The third-order valence-corrected chi connectivity index (χ3v) is 5.58. The summed E-state index contributed by atoms with van der Waals surface area (Å²) in [4.78, 5) is 2.28. The van der Waals surface area contributed by atoms with Crippen LogP contribution in [0, 0.1) is 0 Å². The zero-order valence-corrected chi connectivity index (χ0v) is 12.4. The smallest absolute Gasteiger partial charge is 0.214 e. The Balaban J connectivity index is 2.07. The summed E-state index contributed by atoms with van der Waals surface area (Å²) in [6.45, 7) is 5.91. The van der Waals surface area contributed by atoms with Gasteiger partial charge in [0.2, 0.25) is 10.0 Å². The zero-order valence-electron chi connectivity index (χ0n) is 11.6. The van der Waals surface area contributed by atoms with E-state index in [0.29, 0.717) is 19.5 Å². The number of anilines is 1. The lowest BCUT2D eigenvalue weighted by Gasteiger charge is -2.40. The summed E-state index contributed by atoms with van der Waals surface area (Å²) in [5.74, 6) is 0.255. The minimum atomic E-state index is -3.07. The van der Waals surface area contributed by atoms with E-state index < -0.39 is 10.0 Å². The molecule has 1 heterocycles. The highest BCUT2D eigenvalue weighted by atomic mass is 32.2. The van der Waals surface area contributed by atoms with Crippen molar-refractivity contribution in [1.82, 2.24) is 4.31 Å². The normalized spacial score (nSPS) is 21.6. The van der Waals surface area contributed by atoms with E-state index in [2.05, 4.69) is 24.0 Å². The van der Waals surface area contributed by atoms with Gasteiger partial charge in [-0.1, -0.05) is 25.1 Å². The van der Waals surface area contributed by atoms with Gasteiger partial charge in [-0.3, -0.25) is 0 Å². The summed E-state index contributed by atoms with van der Waals surface area (Å²) in [6, 6.07) is 10.4. The van der Waals surface area contributed by atoms with Crippen molar-refractivity contribution in [1.29, 1.82) is 0 Å². The second-order valence-electron chi connectivity index (χ2n) is 5.05. The lowest BCUT2D eigenvalue weighted by atomic mass is 10.2. The van der Waals surface area contributed by atoms with Gasteiger partial charge in [-0.25, -0.2) is 8.42 Å². The van der Waals surface area contributed by atoms with Crippen molar-refractivity contribution < 1.29 is 8.42 Å². The molecule has 0 amide bonds. The molecule has 1 aliphatic heterocycles. The molecule has 19 heavy (non-hydrogen) atoms. The van der Waals surface area contributed by atoms with Gasteiger partial charge >= 0.3 is 0 Å². The molecule has 1 saturated heterocycles. The number of sulfonamides is 1. The Morgan fingerprint density at radius 3 is 2.47 bits per heavy atom. The average molecular weight is 282 g/mol. The highest BCUT2D eigenvalue weighted by Crippen LogP contribution is 2.21. The largest absolute Gasteiger partial charge is 0.366 e. The first kappa shape index (κ1) is 14.3. The molecule has 106 valence electrons. The van der Waals surface area contributed by atoms with E-state index in [9.17, 15) is 8.42 Å². The molecule has 5 heteroatoms. The van der Waals surface area contributed by atoms with Crippen LogP contribution in [0.4, 0.5) is 5.69 Å². The van der Waals surface area contributed by atoms with Crippen molar-refractivity contribution >= 4 is 15.7 Å². The van der Waals surface area contributed by atoms with Gasteiger partial charge in [0.25, 0.3) is 0 Å². The molecule has 1 fully saturated rings. The molecule has 1 aromatic rings. The Bertz CT molecular complexity index is 501. The minimum Gasteiger partial charge on any atom is -0.366 e. The van der Waals surface area contributed by atoms with Gasteiger partial charge in [0.15, 0.2) is 0 Å². The van der Waals surface area contributed by atoms with Gasteiger partial charge in [0.1, 0.15) is 0 Å². The van der Waals surface area contributed by atoms with Gasteiger partial charge in [-0.2, -0.15) is 4.31 Å². The van der Waals surface area contributed by atoms with Crippen LogP contribution in [0.1, 0.15) is 20.3 Å². The third-order valence-electron chi connectivity index (χ3n) is 3.53. The van der Waals surface area contributed by atoms with Crippen LogP contribution in [-0.4, -0.2) is 44.2 Å². The lowest BCUT2D eigenvalue weighted by Crippen LogP contribution is -2.54. The molecule has 1 aliphatic rings. The summed E-state index contributed by atoms with van der Waals surface area (Å²) >= 11 is 0. The highest BCUT2D eigenvalue weighted by Gasteiger charge is 2.30. The van der Waals surface area contributed by atoms with Crippen LogP contribution < -0.4 is 4.90 Å². The molecule has 0 aromatic heterocycles. The van der Waals surface area contributed by atoms with Crippen molar-refractivity contribution in [3.63, 3.8) is 0 Å². The number of piperazine rings is 1. The molecule has 1 aromatic carbocycles. The van der Waals surface area contributed by atoms with Gasteiger partial charge in [-0.05, 0) is 25.5 Å². The van der Waals surface area contributed by atoms with Gasteiger partial charge < -0.3 is 4.90 Å². The maximum absolute atomic E-state index is 12.1. The standard InChI is InChI=1S/C14H22N2O2S/c1-3-11-19(17,18)15-9-10-16(13(2)12-15)14-7-5-4-6-8-14/h4-8,13H,3,9-12H2,1-2H3. The summed E-state index contributed by atoms with van der Waals surface area (Å²) < 4.78 is 25.8. The van der Waals surface area contributed by atoms with Gasteiger partial charge in [0, 0.05) is 31.4 Å². The molecule has 4 nitrogen and oxygen atoms in total. The van der Waals surface area contributed by atoms with Crippen LogP contribution >= 0.6 is 0 Å². The van der Waals surface area contributed by atoms with Gasteiger partial charge in [0.05, 0.1) is 5.75 Å². The Labute approximate surface area is 116 Å². The van der Waals surface area contributed by atoms with Crippen LogP contribution in [-0.2, 0) is 10.0 Å². The third kappa shape index (κ3) is 3.28. The maximum atomic E-state index is 12.1. The van der Waals surface area contributed by atoms with Crippen molar-refractivity contribution in [2.75, 3.05) is 30.3 Å². The topological polar surface area (TPSA) is 40.6 Å². The number of benzene rings is 1. The summed E-state index contributed by atoms with van der Waals surface area (Å²) in [6.07, 6.45) is 0.676. The van der Waals surface area contributed by atoms with Crippen LogP contribution in [0.3, 0.4) is 0 Å². The van der Waals surface area contributed by atoms with E-state index in [1.165, 1.54) is 5.69 Å². The molecule has 1 atom stereocenters. The molecular formula is C14H22N2O2S. The Morgan fingerprint density at radius 2 is 1.89 bits per heavy atom. The fourth-order valence-electron chi connectivity index (χ4n) is 2.57. The first-order chi connectivity index (χ1) is 9.04. The molecule has 0 N–H and O–H groups in total. The molecule has 0 aliphatic carbocycles. The number of nitrogens with zero attached hydrogens (tertiary/aromatic N) is 2. The molecule has 0 saturated carbocycles. The Morgan fingerprint density at radius 1 is 1.21 bits per heavy atom. The lowest BCUT2D eigenvalue weighted by molar-refractivity contribution is 0.342. The van der Waals surface area contributed by atoms with Crippen molar-refractivity contribution in [2.24, 2.45) is 0 Å². The fraction of sp³-hybridized carbons (Fsp3) is 0.571. The van der Waals surface area contributed by atoms with E-state index in [-0.39, 0.29) is 11.8 Å². The van der Waals surface area contributed by atoms with Crippen LogP contribution in [0.5, 0.6) is 0 Å². The van der Waals surface area contributed by atoms with Crippen LogP contribution in [0.25, 0.3) is 0 Å². The van der Waals surface area contributed by atoms with Crippen molar-refractivity contribution in [3.05, 3.63) is 30.3 Å². The molecule has 1 unspecified atom stereocenters. The molecule has 0 bridgehead atoms. The number of rotatable bonds is 4. The summed E-state index contributed by atoms with van der Waals surface area (Å²) in [7, 11) is -3.07. The van der Waals surface area contributed by atoms with E-state index >= 15 is 0 Å². The predicted molar refractivity (Wildman–Crippen MR) is 78.9 cm³/mol. The van der Waals surface area contributed by atoms with Crippen LogP contribution in [0.2, 0.25) is 0 Å². The first-order valence-electron chi connectivity index (χ1n) is 6.84. The second kappa shape index (κ2) is 5.92. The van der Waals surface area contributed by atoms with E-state index in [4.69, 9.17) is 0 Å². The average Bonchev–Trinajstić information content (AvgIpc) is 2.39. The SMILES string of the molecule is CCCS(=O)(=O)N1CCN(c2ccccc2)C(C)C1. The van der Waals surface area contributed by atoms with Gasteiger partial charge in [-0.15, -0.1) is 0 Å². The Hall–Kier alpha value is -1.07. The van der Waals surface area contributed by atoms with E-state index in [1.54, 1.807) is 4.31 Å². The molecule has 2 rings (SSSR count). The minimum absolute atomic E-state index is 0.211. The highest BCUT2D eigenvalue weighted by molar-refractivity contribution is 7.89. The number of hydrogen-bond donors (Lipinski definition) is 0. The summed E-state index contributed by atoms with van der Waals surface area (Å²) in [5, 5.41) is 0. The van der Waals surface area contributed by atoms with Crippen molar-refractivity contribution in [2.45, 2.75) is 26.3 Å². The number of hydrogen-bond acceptors (Lipinski definition) is 3. The van der Waals surface area contributed by atoms with E-state index in [0.717, 1.165) is 6.54 Å². The first-order valence-corrected chi connectivity index (χ1v) is 8.45. The van der Waals surface area contributed by atoms with Crippen molar-refractivity contribution in [3.8, 4) is 0 Å². The quantitative estimate of drug-likeness (QED) is 0.847. The zero-order chi connectivity index (χ0) is 13.9. The fourth-order valence-corrected chi connectivity index (χ4v) is 4.14. The molecule has 0 spiro atoms. The maximum Gasteiger partial charge on any atom is 0.214 e. The second-order valence-corrected chi connectivity index (χ2v) is 7.14. The number of para-hydroxylation sites is 1. The predicted octanol–water partition coefficient (Wildman–Crippen LogP) is 1.94. The Kier molecular flexibility index (Phi) is 4.47. The molecular weight excluding hydrogens is 260 g/mol. The summed E-state index contributed by atoms with van der Waals surface area (Å²) in [5.41, 5.74) is 1.17. The van der Waals surface area contributed by atoms with E-state index in [1.807, 2.05) is 25.1 Å².